The Kier molecular flexibility index (Phi) is 4.58. The van der Waals surface area contributed by atoms with Crippen LogP contribution in [-0.2, 0) is 17.8 Å². The molecule has 1 aromatic heterocycles. The summed E-state index contributed by atoms with van der Waals surface area (Å²) in [6.07, 6.45) is 7.85. The van der Waals surface area contributed by atoms with E-state index in [4.69, 9.17) is 5.73 Å². The summed E-state index contributed by atoms with van der Waals surface area (Å²) in [5.41, 5.74) is 5.64. The number of nitrogens with zero attached hydrogens (tertiary/aromatic N) is 2. The fourth-order valence-corrected chi connectivity index (χ4v) is 3.55. The van der Waals surface area contributed by atoms with Gasteiger partial charge in [0.05, 0.1) is 12.1 Å². The lowest BCUT2D eigenvalue weighted by Crippen LogP contribution is -2.55. The van der Waals surface area contributed by atoms with E-state index in [9.17, 15) is 4.79 Å². The maximum atomic E-state index is 12.5. The van der Waals surface area contributed by atoms with Crippen LogP contribution in [0.25, 0.3) is 0 Å². The van der Waals surface area contributed by atoms with E-state index < -0.39 is 5.54 Å². The standard InChI is InChI=1S/C14H23N3OS/c1-3-11-9-16-12(19-11)10-17(2)13(18)14(15)7-5-4-6-8-14/h9H,3-8,10,15H2,1-2H3. The Morgan fingerprint density at radius 2 is 2.16 bits per heavy atom. The molecule has 19 heavy (non-hydrogen) atoms. The van der Waals surface area contributed by atoms with Crippen LogP contribution in [0.3, 0.4) is 0 Å². The Balaban J connectivity index is 1.98. The molecule has 4 nitrogen and oxygen atoms in total. The molecule has 0 aromatic carbocycles. The maximum absolute atomic E-state index is 12.5. The molecule has 0 saturated heterocycles. The van der Waals surface area contributed by atoms with Crippen LogP contribution in [-0.4, -0.2) is 28.4 Å². The Hall–Kier alpha value is -0.940. The van der Waals surface area contributed by atoms with E-state index in [0.717, 1.165) is 37.1 Å². The van der Waals surface area contributed by atoms with Crippen LogP contribution in [0.5, 0.6) is 0 Å². The number of thiazole rings is 1. The number of carbonyl (C=O) groups is 1. The van der Waals surface area contributed by atoms with E-state index in [1.54, 1.807) is 16.2 Å². The number of amides is 1. The summed E-state index contributed by atoms with van der Waals surface area (Å²) in [5, 5.41) is 0.993. The van der Waals surface area contributed by atoms with Crippen LogP contribution in [0.1, 0.15) is 48.9 Å². The van der Waals surface area contributed by atoms with Crippen LogP contribution in [0.2, 0.25) is 0 Å². The molecule has 0 radical (unpaired) electrons. The van der Waals surface area contributed by atoms with Crippen LogP contribution in [0, 0.1) is 0 Å². The molecular formula is C14H23N3OS. The molecule has 106 valence electrons. The van der Waals surface area contributed by atoms with Crippen LogP contribution in [0.15, 0.2) is 6.20 Å². The van der Waals surface area contributed by atoms with Gasteiger partial charge in [-0.15, -0.1) is 11.3 Å². The Bertz CT molecular complexity index is 438. The number of likely N-dealkylation sites (N-methyl/N-ethyl adjacent to an activating group) is 1. The number of rotatable bonds is 4. The molecule has 1 aliphatic carbocycles. The minimum absolute atomic E-state index is 0.0699. The zero-order chi connectivity index (χ0) is 13.9. The maximum Gasteiger partial charge on any atom is 0.242 e. The van der Waals surface area contributed by atoms with Gasteiger partial charge in [0.1, 0.15) is 5.01 Å². The van der Waals surface area contributed by atoms with E-state index in [-0.39, 0.29) is 5.91 Å². The van der Waals surface area contributed by atoms with Crippen molar-refractivity contribution in [2.24, 2.45) is 5.73 Å². The Labute approximate surface area is 119 Å². The van der Waals surface area contributed by atoms with Crippen molar-refractivity contribution in [3.8, 4) is 0 Å². The van der Waals surface area contributed by atoms with Gasteiger partial charge >= 0.3 is 0 Å². The fourth-order valence-electron chi connectivity index (χ4n) is 2.64. The molecule has 1 amide bonds. The van der Waals surface area contributed by atoms with Gasteiger partial charge in [0, 0.05) is 18.1 Å². The third kappa shape index (κ3) is 3.34. The van der Waals surface area contributed by atoms with Crippen molar-refractivity contribution in [2.75, 3.05) is 7.05 Å². The third-order valence-corrected chi connectivity index (χ3v) is 4.97. The van der Waals surface area contributed by atoms with Gasteiger partial charge in [0.15, 0.2) is 0 Å². The van der Waals surface area contributed by atoms with Gasteiger partial charge in [0.2, 0.25) is 5.91 Å². The van der Waals surface area contributed by atoms with Gasteiger partial charge in [-0.25, -0.2) is 4.98 Å². The average Bonchev–Trinajstić information content (AvgIpc) is 2.86. The van der Waals surface area contributed by atoms with E-state index in [0.29, 0.717) is 6.54 Å². The topological polar surface area (TPSA) is 59.2 Å². The van der Waals surface area contributed by atoms with Crippen molar-refractivity contribution in [3.63, 3.8) is 0 Å². The molecule has 0 atom stereocenters. The summed E-state index contributed by atoms with van der Waals surface area (Å²) in [7, 11) is 1.83. The van der Waals surface area contributed by atoms with Crippen molar-refractivity contribution < 1.29 is 4.79 Å². The lowest BCUT2D eigenvalue weighted by molar-refractivity contribution is -0.137. The minimum Gasteiger partial charge on any atom is -0.337 e. The third-order valence-electron chi connectivity index (χ3n) is 3.84. The summed E-state index contributed by atoms with van der Waals surface area (Å²) in [6, 6.07) is 0. The number of hydrogen-bond acceptors (Lipinski definition) is 4. The van der Waals surface area contributed by atoms with Crippen LogP contribution < -0.4 is 5.73 Å². The smallest absolute Gasteiger partial charge is 0.242 e. The molecule has 0 bridgehead atoms. The Morgan fingerprint density at radius 3 is 2.74 bits per heavy atom. The first-order valence-corrected chi connectivity index (χ1v) is 7.85. The first-order chi connectivity index (χ1) is 9.05. The summed E-state index contributed by atoms with van der Waals surface area (Å²) in [4.78, 5) is 19.8. The number of carbonyl (C=O) groups excluding carboxylic acids is 1. The predicted molar refractivity (Wildman–Crippen MR) is 78.0 cm³/mol. The second-order valence-electron chi connectivity index (χ2n) is 5.45. The molecule has 0 spiro atoms. The van der Waals surface area contributed by atoms with Crippen molar-refractivity contribution in [1.82, 2.24) is 9.88 Å². The molecule has 1 aliphatic rings. The quantitative estimate of drug-likeness (QED) is 0.921. The van der Waals surface area contributed by atoms with Crippen molar-refractivity contribution in [1.29, 1.82) is 0 Å². The average molecular weight is 281 g/mol. The van der Waals surface area contributed by atoms with Crippen molar-refractivity contribution in [3.05, 3.63) is 16.1 Å². The molecule has 0 unspecified atom stereocenters. The largest absolute Gasteiger partial charge is 0.337 e. The summed E-state index contributed by atoms with van der Waals surface area (Å²) in [6.45, 7) is 2.69. The fraction of sp³-hybridized carbons (Fsp3) is 0.714. The first kappa shape index (κ1) is 14.5. The summed E-state index contributed by atoms with van der Waals surface area (Å²) < 4.78 is 0. The molecule has 5 heteroatoms. The highest BCUT2D eigenvalue weighted by molar-refractivity contribution is 7.11. The van der Waals surface area contributed by atoms with Crippen LogP contribution >= 0.6 is 11.3 Å². The minimum atomic E-state index is -0.641. The van der Waals surface area contributed by atoms with Crippen molar-refractivity contribution >= 4 is 17.2 Å². The number of nitrogens with two attached hydrogens (primary N) is 1. The van der Waals surface area contributed by atoms with Gasteiger partial charge in [-0.1, -0.05) is 26.2 Å². The monoisotopic (exact) mass is 281 g/mol. The van der Waals surface area contributed by atoms with Crippen LogP contribution in [0.4, 0.5) is 0 Å². The van der Waals surface area contributed by atoms with E-state index in [1.165, 1.54) is 11.3 Å². The molecule has 1 saturated carbocycles. The second kappa shape index (κ2) is 6.01. The van der Waals surface area contributed by atoms with Gasteiger partial charge in [0.25, 0.3) is 0 Å². The molecular weight excluding hydrogens is 258 g/mol. The molecule has 0 aliphatic heterocycles. The van der Waals surface area contributed by atoms with E-state index in [2.05, 4.69) is 11.9 Å². The molecule has 1 aromatic rings. The molecule has 2 rings (SSSR count). The number of hydrogen-bond donors (Lipinski definition) is 1. The normalized spacial score (nSPS) is 18.3. The van der Waals surface area contributed by atoms with Crippen molar-refractivity contribution in [2.45, 2.75) is 57.5 Å². The highest BCUT2D eigenvalue weighted by atomic mass is 32.1. The van der Waals surface area contributed by atoms with Gasteiger partial charge in [-0.05, 0) is 19.3 Å². The van der Waals surface area contributed by atoms with Gasteiger partial charge < -0.3 is 10.6 Å². The molecule has 1 heterocycles. The highest BCUT2D eigenvalue weighted by Crippen LogP contribution is 2.28. The van der Waals surface area contributed by atoms with E-state index in [1.807, 2.05) is 13.2 Å². The number of aromatic nitrogens is 1. The lowest BCUT2D eigenvalue weighted by atomic mass is 9.81. The van der Waals surface area contributed by atoms with Gasteiger partial charge in [-0.3, -0.25) is 4.79 Å². The first-order valence-electron chi connectivity index (χ1n) is 7.03. The molecule has 2 N–H and O–H groups in total. The lowest BCUT2D eigenvalue weighted by Gasteiger charge is -2.35. The SMILES string of the molecule is CCc1cnc(CN(C)C(=O)C2(N)CCCCC2)s1. The molecule has 1 fully saturated rings. The summed E-state index contributed by atoms with van der Waals surface area (Å²) >= 11 is 1.68. The highest BCUT2D eigenvalue weighted by Gasteiger charge is 2.37. The Morgan fingerprint density at radius 1 is 1.47 bits per heavy atom. The predicted octanol–water partition coefficient (Wildman–Crippen LogP) is 2.33. The van der Waals surface area contributed by atoms with E-state index >= 15 is 0 Å². The zero-order valence-electron chi connectivity index (χ0n) is 11.8. The van der Waals surface area contributed by atoms with Gasteiger partial charge in [-0.2, -0.15) is 0 Å². The number of aryl methyl sites for hydroxylation is 1. The second-order valence-corrected chi connectivity index (χ2v) is 6.65. The zero-order valence-corrected chi connectivity index (χ0v) is 12.6. The summed E-state index contributed by atoms with van der Waals surface area (Å²) in [5.74, 6) is 0.0699.